The monoisotopic (exact) mass is 373 g/mol. The van der Waals surface area contributed by atoms with Gasteiger partial charge in [0.15, 0.2) is 5.58 Å². The van der Waals surface area contributed by atoms with Gasteiger partial charge in [-0.2, -0.15) is 0 Å². The third-order valence-electron chi connectivity index (χ3n) is 4.37. The molecule has 3 heteroatoms. The van der Waals surface area contributed by atoms with Crippen molar-refractivity contribution in [2.24, 2.45) is 0 Å². The number of aromatic nitrogens is 1. The molecule has 0 unspecified atom stereocenters. The number of benzene rings is 4. The summed E-state index contributed by atoms with van der Waals surface area (Å²) < 4.78 is 7.06. The highest BCUT2D eigenvalue weighted by Gasteiger charge is 2.13. The maximum atomic E-state index is 5.99. The summed E-state index contributed by atoms with van der Waals surface area (Å²) in [7, 11) is 0. The van der Waals surface area contributed by atoms with Crippen molar-refractivity contribution in [3.63, 3.8) is 0 Å². The molecule has 0 aliphatic carbocycles. The molecule has 0 fully saturated rings. The highest BCUT2D eigenvalue weighted by atomic mass is 79.9. The van der Waals surface area contributed by atoms with E-state index in [4.69, 9.17) is 9.40 Å². The average molecular weight is 374 g/mol. The molecule has 0 spiro atoms. The van der Waals surface area contributed by atoms with E-state index in [0.717, 1.165) is 26.5 Å². The lowest BCUT2D eigenvalue weighted by atomic mass is 10.0. The summed E-state index contributed by atoms with van der Waals surface area (Å²) in [6.07, 6.45) is 0. The van der Waals surface area contributed by atoms with Crippen molar-refractivity contribution in [2.75, 3.05) is 0 Å². The van der Waals surface area contributed by atoms with Crippen LogP contribution in [-0.4, -0.2) is 4.98 Å². The molecular formula is C21H12BrNO. The Morgan fingerprint density at radius 1 is 0.708 bits per heavy atom. The number of oxazole rings is 1. The molecule has 0 aliphatic rings. The maximum absolute atomic E-state index is 5.99. The lowest BCUT2D eigenvalue weighted by Crippen LogP contribution is -1.81. The van der Waals surface area contributed by atoms with Crippen LogP contribution in [-0.2, 0) is 0 Å². The molecule has 1 aromatic heterocycles. The molecule has 0 saturated carbocycles. The zero-order valence-electron chi connectivity index (χ0n) is 12.7. The van der Waals surface area contributed by atoms with E-state index in [1.54, 1.807) is 0 Å². The molecule has 1 heterocycles. The second kappa shape index (κ2) is 5.18. The molecule has 0 atom stereocenters. The van der Waals surface area contributed by atoms with Crippen molar-refractivity contribution < 1.29 is 4.42 Å². The molecule has 0 saturated heterocycles. The second-order valence-electron chi connectivity index (χ2n) is 5.80. The first-order valence-corrected chi connectivity index (χ1v) is 8.56. The minimum absolute atomic E-state index is 0.655. The van der Waals surface area contributed by atoms with E-state index in [2.05, 4.69) is 52.3 Å². The van der Waals surface area contributed by atoms with E-state index in [9.17, 15) is 0 Å². The fourth-order valence-corrected chi connectivity index (χ4v) is 3.80. The zero-order valence-corrected chi connectivity index (χ0v) is 14.2. The zero-order chi connectivity index (χ0) is 16.1. The fraction of sp³-hybridized carbons (Fsp3) is 0. The fourth-order valence-electron chi connectivity index (χ4n) is 3.23. The predicted molar refractivity (Wildman–Crippen MR) is 102 cm³/mol. The first kappa shape index (κ1) is 13.8. The predicted octanol–water partition coefficient (Wildman–Crippen LogP) is 6.56. The van der Waals surface area contributed by atoms with Gasteiger partial charge in [-0.1, -0.05) is 58.4 Å². The van der Waals surface area contributed by atoms with E-state index >= 15 is 0 Å². The van der Waals surface area contributed by atoms with Crippen LogP contribution in [0.2, 0.25) is 0 Å². The average Bonchev–Trinajstić information content (AvgIpc) is 3.08. The quantitative estimate of drug-likeness (QED) is 0.311. The standard InChI is InChI=1S/C21H12BrNO/c22-18-12-17-15(14-8-4-5-9-16(14)18)10-11-19-20(17)23-21(24-19)13-6-2-1-3-7-13/h1-12H. The Hall–Kier alpha value is -2.65. The van der Waals surface area contributed by atoms with Gasteiger partial charge in [0.05, 0.1) is 0 Å². The van der Waals surface area contributed by atoms with Gasteiger partial charge in [0, 0.05) is 15.4 Å². The third kappa shape index (κ3) is 1.98. The minimum atomic E-state index is 0.655. The smallest absolute Gasteiger partial charge is 0.227 e. The largest absolute Gasteiger partial charge is 0.436 e. The van der Waals surface area contributed by atoms with Gasteiger partial charge < -0.3 is 4.42 Å². The SMILES string of the molecule is Brc1cc2c(ccc3oc(-c4ccccc4)nc32)c2ccccc12. The molecule has 24 heavy (non-hydrogen) atoms. The summed E-state index contributed by atoms with van der Waals surface area (Å²) in [4.78, 5) is 4.77. The van der Waals surface area contributed by atoms with Crippen molar-refractivity contribution in [3.8, 4) is 11.5 Å². The van der Waals surface area contributed by atoms with Crippen LogP contribution in [0, 0.1) is 0 Å². The summed E-state index contributed by atoms with van der Waals surface area (Å²) in [5, 5.41) is 4.71. The molecule has 0 radical (unpaired) electrons. The molecule has 0 amide bonds. The molecule has 5 rings (SSSR count). The van der Waals surface area contributed by atoms with E-state index in [1.165, 1.54) is 16.2 Å². The van der Waals surface area contributed by atoms with Crippen molar-refractivity contribution in [3.05, 3.63) is 77.3 Å². The second-order valence-corrected chi connectivity index (χ2v) is 6.65. The molecule has 0 N–H and O–H groups in total. The number of nitrogens with zero attached hydrogens (tertiary/aromatic N) is 1. The number of halogens is 1. The Labute approximate surface area is 146 Å². The van der Waals surface area contributed by atoms with E-state index < -0.39 is 0 Å². The molecule has 0 bridgehead atoms. The number of hydrogen-bond acceptors (Lipinski definition) is 2. The van der Waals surface area contributed by atoms with Gasteiger partial charge in [-0.15, -0.1) is 0 Å². The Bertz CT molecular complexity index is 1210. The Balaban J connectivity index is 1.89. The maximum Gasteiger partial charge on any atom is 0.227 e. The van der Waals surface area contributed by atoms with Crippen LogP contribution >= 0.6 is 15.9 Å². The van der Waals surface area contributed by atoms with Gasteiger partial charge in [-0.3, -0.25) is 0 Å². The molecular weight excluding hydrogens is 362 g/mol. The molecule has 2 nitrogen and oxygen atoms in total. The molecule has 5 aromatic rings. The van der Waals surface area contributed by atoms with Crippen molar-refractivity contribution in [1.82, 2.24) is 4.98 Å². The van der Waals surface area contributed by atoms with Crippen LogP contribution in [0.25, 0.3) is 44.1 Å². The van der Waals surface area contributed by atoms with Crippen molar-refractivity contribution in [1.29, 1.82) is 0 Å². The lowest BCUT2D eigenvalue weighted by Gasteiger charge is -2.06. The first-order chi connectivity index (χ1) is 11.8. The van der Waals surface area contributed by atoms with Crippen LogP contribution in [0.4, 0.5) is 0 Å². The van der Waals surface area contributed by atoms with Crippen LogP contribution in [0.5, 0.6) is 0 Å². The molecule has 0 aliphatic heterocycles. The Kier molecular flexibility index (Phi) is 2.97. The molecule has 114 valence electrons. The summed E-state index contributed by atoms with van der Waals surface area (Å²) in [6.45, 7) is 0. The lowest BCUT2D eigenvalue weighted by molar-refractivity contribution is 0.620. The van der Waals surface area contributed by atoms with Gasteiger partial charge in [0.25, 0.3) is 0 Å². The van der Waals surface area contributed by atoms with Crippen molar-refractivity contribution >= 4 is 48.6 Å². The third-order valence-corrected chi connectivity index (χ3v) is 5.02. The summed E-state index contributed by atoms with van der Waals surface area (Å²) >= 11 is 3.70. The van der Waals surface area contributed by atoms with Crippen LogP contribution in [0.15, 0.2) is 81.7 Å². The van der Waals surface area contributed by atoms with E-state index in [-0.39, 0.29) is 0 Å². The number of hydrogen-bond donors (Lipinski definition) is 0. The van der Waals surface area contributed by atoms with Gasteiger partial charge in [0.2, 0.25) is 5.89 Å². The van der Waals surface area contributed by atoms with E-state index in [1.807, 2.05) is 36.4 Å². The summed E-state index contributed by atoms with van der Waals surface area (Å²) in [6, 6.07) is 24.7. The summed E-state index contributed by atoms with van der Waals surface area (Å²) in [5.41, 5.74) is 2.70. The van der Waals surface area contributed by atoms with Crippen molar-refractivity contribution in [2.45, 2.75) is 0 Å². The van der Waals surface area contributed by atoms with Crippen LogP contribution in [0.3, 0.4) is 0 Å². The summed E-state index contributed by atoms with van der Waals surface area (Å²) in [5.74, 6) is 0.655. The highest BCUT2D eigenvalue weighted by molar-refractivity contribution is 9.10. The van der Waals surface area contributed by atoms with Crippen LogP contribution < -0.4 is 0 Å². The van der Waals surface area contributed by atoms with Crippen LogP contribution in [0.1, 0.15) is 0 Å². The van der Waals surface area contributed by atoms with Gasteiger partial charge in [-0.25, -0.2) is 4.98 Å². The van der Waals surface area contributed by atoms with Gasteiger partial charge in [-0.05, 0) is 46.5 Å². The van der Waals surface area contributed by atoms with Gasteiger partial charge >= 0.3 is 0 Å². The topological polar surface area (TPSA) is 26.0 Å². The Morgan fingerprint density at radius 3 is 2.25 bits per heavy atom. The minimum Gasteiger partial charge on any atom is -0.436 e. The Morgan fingerprint density at radius 2 is 1.42 bits per heavy atom. The normalized spacial score (nSPS) is 11.5. The number of rotatable bonds is 1. The van der Waals surface area contributed by atoms with E-state index in [0.29, 0.717) is 5.89 Å². The number of fused-ring (bicyclic) bond motifs is 5. The van der Waals surface area contributed by atoms with Gasteiger partial charge in [0.1, 0.15) is 5.52 Å². The first-order valence-electron chi connectivity index (χ1n) is 7.77. The molecule has 4 aromatic carbocycles. The highest BCUT2D eigenvalue weighted by Crippen LogP contribution is 2.36.